The zero-order valence-corrected chi connectivity index (χ0v) is 10.6. The second-order valence-electron chi connectivity index (χ2n) is 4.31. The van der Waals surface area contributed by atoms with Gasteiger partial charge in [0.15, 0.2) is 17.6 Å². The summed E-state index contributed by atoms with van der Waals surface area (Å²) in [6.07, 6.45) is 2.69. The average molecular weight is 258 g/mol. The fourth-order valence-corrected chi connectivity index (χ4v) is 2.00. The van der Waals surface area contributed by atoms with E-state index >= 15 is 0 Å². The molecular weight excluding hydrogens is 244 g/mol. The summed E-state index contributed by atoms with van der Waals surface area (Å²) in [5.74, 6) is 1.18. The number of hydrogen-bond donors (Lipinski definition) is 0. The monoisotopic (exact) mass is 258 g/mol. The molecule has 3 rings (SSSR count). The van der Waals surface area contributed by atoms with Gasteiger partial charge in [-0.15, -0.1) is 0 Å². The van der Waals surface area contributed by atoms with Gasteiger partial charge in [-0.2, -0.15) is 5.10 Å². The molecule has 1 aliphatic rings. The number of ether oxygens (including phenoxy) is 2. The number of hydrogen-bond acceptors (Lipinski definition) is 4. The summed E-state index contributed by atoms with van der Waals surface area (Å²) < 4.78 is 12.9. The number of ketones is 1. The molecule has 1 aromatic heterocycles. The second-order valence-corrected chi connectivity index (χ2v) is 4.31. The van der Waals surface area contributed by atoms with Crippen LogP contribution in [0.3, 0.4) is 0 Å². The molecule has 0 spiro atoms. The number of Topliss-reactive ketones (excluding diaryl/α,β-unsaturated/α-hetero) is 1. The molecule has 1 aliphatic heterocycles. The van der Waals surface area contributed by atoms with Crippen molar-refractivity contribution in [3.8, 4) is 11.5 Å². The highest BCUT2D eigenvalue weighted by Crippen LogP contribution is 2.31. The standard InChI is InChI=1S/C14H14N2O3/c1-2-16-8-10(7-15-16)14(17)13-9-18-11-5-3-4-6-12(11)19-13/h3-8,13H,2,9H2,1H3. The predicted molar refractivity (Wildman–Crippen MR) is 68.6 cm³/mol. The maximum Gasteiger partial charge on any atom is 0.210 e. The molecule has 1 aromatic carbocycles. The van der Waals surface area contributed by atoms with Crippen LogP contribution in [0.2, 0.25) is 0 Å². The third kappa shape index (κ3) is 2.19. The lowest BCUT2D eigenvalue weighted by Gasteiger charge is -2.25. The maximum absolute atomic E-state index is 12.3. The van der Waals surface area contributed by atoms with Gasteiger partial charge in [-0.25, -0.2) is 0 Å². The van der Waals surface area contributed by atoms with Crippen LogP contribution in [-0.4, -0.2) is 28.3 Å². The molecule has 0 N–H and O–H groups in total. The first-order valence-corrected chi connectivity index (χ1v) is 6.23. The molecule has 0 radical (unpaired) electrons. The smallest absolute Gasteiger partial charge is 0.210 e. The van der Waals surface area contributed by atoms with Crippen LogP contribution in [0.4, 0.5) is 0 Å². The highest BCUT2D eigenvalue weighted by molar-refractivity contribution is 5.99. The van der Waals surface area contributed by atoms with E-state index in [-0.39, 0.29) is 12.4 Å². The zero-order chi connectivity index (χ0) is 13.2. The van der Waals surface area contributed by atoms with Gasteiger partial charge in [-0.3, -0.25) is 9.48 Å². The summed E-state index contributed by atoms with van der Waals surface area (Å²) >= 11 is 0. The summed E-state index contributed by atoms with van der Waals surface area (Å²) in [6, 6.07) is 7.34. The lowest BCUT2D eigenvalue weighted by molar-refractivity contribution is 0.0586. The molecular formula is C14H14N2O3. The lowest BCUT2D eigenvalue weighted by atomic mass is 10.1. The Labute approximate surface area is 110 Å². The summed E-state index contributed by atoms with van der Waals surface area (Å²) in [7, 11) is 0. The van der Waals surface area contributed by atoms with Crippen LogP contribution in [0.1, 0.15) is 17.3 Å². The second kappa shape index (κ2) is 4.76. The lowest BCUT2D eigenvalue weighted by Crippen LogP contribution is -2.36. The van der Waals surface area contributed by atoms with Crippen LogP contribution < -0.4 is 9.47 Å². The number of aryl methyl sites for hydroxylation is 1. The molecule has 0 aliphatic carbocycles. The van der Waals surface area contributed by atoms with Gasteiger partial charge in [0.2, 0.25) is 5.78 Å². The molecule has 19 heavy (non-hydrogen) atoms. The van der Waals surface area contributed by atoms with Crippen molar-refractivity contribution in [2.24, 2.45) is 0 Å². The largest absolute Gasteiger partial charge is 0.485 e. The van der Waals surface area contributed by atoms with E-state index in [0.29, 0.717) is 17.1 Å². The van der Waals surface area contributed by atoms with Crippen molar-refractivity contribution in [2.45, 2.75) is 19.6 Å². The van der Waals surface area contributed by atoms with Crippen molar-refractivity contribution in [3.63, 3.8) is 0 Å². The third-order valence-corrected chi connectivity index (χ3v) is 3.04. The van der Waals surface area contributed by atoms with Crippen molar-refractivity contribution in [3.05, 3.63) is 42.2 Å². The van der Waals surface area contributed by atoms with Crippen LogP contribution in [0.25, 0.3) is 0 Å². The number of carbonyl (C=O) groups is 1. The van der Waals surface area contributed by atoms with Crippen molar-refractivity contribution in [2.75, 3.05) is 6.61 Å². The van der Waals surface area contributed by atoms with Crippen molar-refractivity contribution in [1.82, 2.24) is 9.78 Å². The maximum atomic E-state index is 12.3. The Hall–Kier alpha value is -2.30. The number of aromatic nitrogens is 2. The average Bonchev–Trinajstić information content (AvgIpc) is 2.95. The molecule has 0 saturated heterocycles. The minimum atomic E-state index is -0.607. The highest BCUT2D eigenvalue weighted by atomic mass is 16.6. The van der Waals surface area contributed by atoms with Crippen LogP contribution in [-0.2, 0) is 6.54 Å². The highest BCUT2D eigenvalue weighted by Gasteiger charge is 2.28. The van der Waals surface area contributed by atoms with Gasteiger partial charge < -0.3 is 9.47 Å². The molecule has 5 nitrogen and oxygen atoms in total. The van der Waals surface area contributed by atoms with Crippen LogP contribution >= 0.6 is 0 Å². The van der Waals surface area contributed by atoms with Gasteiger partial charge in [0, 0.05) is 12.7 Å². The molecule has 0 bridgehead atoms. The molecule has 0 amide bonds. The number of fused-ring (bicyclic) bond motifs is 1. The Morgan fingerprint density at radius 3 is 2.95 bits per heavy atom. The fourth-order valence-electron chi connectivity index (χ4n) is 2.00. The van der Waals surface area contributed by atoms with Crippen LogP contribution in [0.15, 0.2) is 36.7 Å². The fraction of sp³-hybridized carbons (Fsp3) is 0.286. The zero-order valence-electron chi connectivity index (χ0n) is 10.6. The number of carbonyl (C=O) groups excluding carboxylic acids is 1. The first kappa shape index (κ1) is 11.8. The van der Waals surface area contributed by atoms with Gasteiger partial charge in [0.1, 0.15) is 6.61 Å². The van der Waals surface area contributed by atoms with E-state index in [2.05, 4.69) is 5.10 Å². The summed E-state index contributed by atoms with van der Waals surface area (Å²) in [6.45, 7) is 2.93. The Bertz CT molecular complexity index is 606. The third-order valence-electron chi connectivity index (χ3n) is 3.04. The molecule has 1 unspecified atom stereocenters. The van der Waals surface area contributed by atoms with E-state index in [1.165, 1.54) is 0 Å². The van der Waals surface area contributed by atoms with Crippen LogP contribution in [0, 0.1) is 0 Å². The van der Waals surface area contributed by atoms with Crippen molar-refractivity contribution in [1.29, 1.82) is 0 Å². The molecule has 0 saturated carbocycles. The Morgan fingerprint density at radius 2 is 2.21 bits per heavy atom. The van der Waals surface area contributed by atoms with Gasteiger partial charge in [0.25, 0.3) is 0 Å². The predicted octanol–water partition coefficient (Wildman–Crippen LogP) is 1.93. The van der Waals surface area contributed by atoms with Gasteiger partial charge in [0.05, 0.1) is 11.8 Å². The van der Waals surface area contributed by atoms with E-state index in [9.17, 15) is 4.79 Å². The quantitative estimate of drug-likeness (QED) is 0.789. The van der Waals surface area contributed by atoms with E-state index in [4.69, 9.17) is 9.47 Å². The number of para-hydroxylation sites is 2. The molecule has 2 heterocycles. The Kier molecular flexibility index (Phi) is 2.95. The normalized spacial score (nSPS) is 17.2. The van der Waals surface area contributed by atoms with E-state index < -0.39 is 6.10 Å². The minimum Gasteiger partial charge on any atom is -0.485 e. The molecule has 5 heteroatoms. The van der Waals surface area contributed by atoms with Crippen LogP contribution in [0.5, 0.6) is 11.5 Å². The first-order valence-electron chi connectivity index (χ1n) is 6.23. The number of rotatable bonds is 3. The van der Waals surface area contributed by atoms with Gasteiger partial charge in [-0.1, -0.05) is 12.1 Å². The minimum absolute atomic E-state index is 0.103. The molecule has 2 aromatic rings. The number of nitrogens with zero attached hydrogens (tertiary/aromatic N) is 2. The Morgan fingerprint density at radius 1 is 1.42 bits per heavy atom. The van der Waals surface area contributed by atoms with E-state index in [0.717, 1.165) is 6.54 Å². The SMILES string of the molecule is CCn1cc(C(=O)C2COc3ccccc3O2)cn1. The van der Waals surface area contributed by atoms with E-state index in [1.54, 1.807) is 23.1 Å². The van der Waals surface area contributed by atoms with Crippen molar-refractivity contribution >= 4 is 5.78 Å². The molecule has 98 valence electrons. The summed E-state index contributed by atoms with van der Waals surface area (Å²) in [4.78, 5) is 12.3. The molecule has 0 fully saturated rings. The molecule has 1 atom stereocenters. The van der Waals surface area contributed by atoms with E-state index in [1.807, 2.05) is 25.1 Å². The van der Waals surface area contributed by atoms with Crippen molar-refractivity contribution < 1.29 is 14.3 Å². The van der Waals surface area contributed by atoms with Gasteiger partial charge in [-0.05, 0) is 19.1 Å². The first-order chi connectivity index (χ1) is 9.28. The Balaban J connectivity index is 1.79. The topological polar surface area (TPSA) is 53.4 Å². The summed E-state index contributed by atoms with van der Waals surface area (Å²) in [5, 5.41) is 4.09. The number of benzene rings is 1. The summed E-state index contributed by atoms with van der Waals surface area (Å²) in [5.41, 5.74) is 0.551. The van der Waals surface area contributed by atoms with Gasteiger partial charge >= 0.3 is 0 Å².